The summed E-state index contributed by atoms with van der Waals surface area (Å²) in [6.45, 7) is 2.11. The van der Waals surface area contributed by atoms with Crippen LogP contribution in [0.4, 0.5) is 0 Å². The molecular formula is C14H13ClOS. The number of hydrogen-bond donors (Lipinski definition) is 0. The molecule has 0 aromatic heterocycles. The summed E-state index contributed by atoms with van der Waals surface area (Å²) >= 11 is 7.90. The number of thioether (sulfide) groups is 1. The highest BCUT2D eigenvalue weighted by Gasteiger charge is 2.03. The van der Waals surface area contributed by atoms with Crippen LogP contribution in [0.1, 0.15) is 6.92 Å². The summed E-state index contributed by atoms with van der Waals surface area (Å²) in [6, 6.07) is 15.5. The highest BCUT2D eigenvalue weighted by Crippen LogP contribution is 2.32. The number of para-hydroxylation sites is 1. The van der Waals surface area contributed by atoms with Crippen molar-refractivity contribution in [3.63, 3.8) is 0 Å². The Labute approximate surface area is 111 Å². The fourth-order valence-electron chi connectivity index (χ4n) is 1.44. The van der Waals surface area contributed by atoms with Crippen molar-refractivity contribution in [2.45, 2.75) is 11.8 Å². The molecule has 0 spiro atoms. The van der Waals surface area contributed by atoms with Gasteiger partial charge in [0.2, 0.25) is 0 Å². The molecule has 88 valence electrons. The average molecular weight is 265 g/mol. The van der Waals surface area contributed by atoms with Gasteiger partial charge in [-0.3, -0.25) is 0 Å². The monoisotopic (exact) mass is 264 g/mol. The van der Waals surface area contributed by atoms with Crippen LogP contribution >= 0.6 is 23.4 Å². The van der Waals surface area contributed by atoms with Gasteiger partial charge in [-0.05, 0) is 30.0 Å². The fourth-order valence-corrected chi connectivity index (χ4v) is 2.45. The van der Waals surface area contributed by atoms with Crippen molar-refractivity contribution in [3.8, 4) is 11.5 Å². The van der Waals surface area contributed by atoms with Gasteiger partial charge in [-0.15, -0.1) is 11.8 Å². The molecule has 0 bridgehead atoms. The Morgan fingerprint density at radius 2 is 1.82 bits per heavy atom. The number of halogens is 1. The summed E-state index contributed by atoms with van der Waals surface area (Å²) in [4.78, 5) is 1.09. The van der Waals surface area contributed by atoms with Crippen LogP contribution in [0.2, 0.25) is 5.02 Å². The van der Waals surface area contributed by atoms with Gasteiger partial charge in [0, 0.05) is 11.0 Å². The topological polar surface area (TPSA) is 9.23 Å². The lowest BCUT2D eigenvalue weighted by atomic mass is 10.3. The molecule has 0 N–H and O–H groups in total. The average Bonchev–Trinajstić information content (AvgIpc) is 2.34. The van der Waals surface area contributed by atoms with Gasteiger partial charge in [-0.2, -0.15) is 0 Å². The number of benzene rings is 2. The van der Waals surface area contributed by atoms with Crippen LogP contribution in [0.5, 0.6) is 11.5 Å². The minimum Gasteiger partial charge on any atom is -0.457 e. The van der Waals surface area contributed by atoms with Crippen LogP contribution < -0.4 is 4.74 Å². The van der Waals surface area contributed by atoms with Gasteiger partial charge in [0.05, 0.1) is 5.02 Å². The van der Waals surface area contributed by atoms with Crippen LogP contribution in [0.25, 0.3) is 0 Å². The van der Waals surface area contributed by atoms with Crippen molar-refractivity contribution >= 4 is 23.4 Å². The molecule has 2 rings (SSSR count). The maximum atomic E-state index is 6.17. The first kappa shape index (κ1) is 12.3. The molecule has 0 atom stereocenters. The standard InChI is InChI=1S/C14H13ClOS/c1-2-17-14-9-8-12(10-13(14)15)16-11-6-4-3-5-7-11/h3-10H,2H2,1H3. The van der Waals surface area contributed by atoms with E-state index in [2.05, 4.69) is 6.92 Å². The lowest BCUT2D eigenvalue weighted by Crippen LogP contribution is -1.84. The molecule has 0 unspecified atom stereocenters. The number of rotatable bonds is 4. The van der Waals surface area contributed by atoms with Gasteiger partial charge < -0.3 is 4.74 Å². The third-order valence-electron chi connectivity index (χ3n) is 2.18. The third-order valence-corrected chi connectivity index (χ3v) is 3.56. The Balaban J connectivity index is 2.15. The molecule has 1 nitrogen and oxygen atoms in total. The van der Waals surface area contributed by atoms with Gasteiger partial charge in [0.25, 0.3) is 0 Å². The molecule has 17 heavy (non-hydrogen) atoms. The molecule has 0 aliphatic heterocycles. The molecule has 0 aliphatic rings. The van der Waals surface area contributed by atoms with E-state index in [9.17, 15) is 0 Å². The van der Waals surface area contributed by atoms with Crippen LogP contribution in [0.15, 0.2) is 53.4 Å². The molecule has 2 aromatic carbocycles. The zero-order chi connectivity index (χ0) is 12.1. The normalized spacial score (nSPS) is 10.2. The molecule has 0 saturated carbocycles. The predicted octanol–water partition coefficient (Wildman–Crippen LogP) is 5.24. The minimum absolute atomic E-state index is 0.741. The van der Waals surface area contributed by atoms with Crippen molar-refractivity contribution in [2.24, 2.45) is 0 Å². The smallest absolute Gasteiger partial charge is 0.128 e. The molecule has 0 radical (unpaired) electrons. The zero-order valence-corrected chi connectivity index (χ0v) is 11.1. The van der Waals surface area contributed by atoms with E-state index in [0.29, 0.717) is 0 Å². The Bertz CT molecular complexity index is 485. The quantitative estimate of drug-likeness (QED) is 0.698. The van der Waals surface area contributed by atoms with E-state index in [4.69, 9.17) is 16.3 Å². The largest absolute Gasteiger partial charge is 0.457 e. The maximum absolute atomic E-state index is 6.17. The Kier molecular flexibility index (Phi) is 4.35. The lowest BCUT2D eigenvalue weighted by Gasteiger charge is -2.08. The first-order valence-corrected chi connectivity index (χ1v) is 6.81. The molecular weight excluding hydrogens is 252 g/mol. The highest BCUT2D eigenvalue weighted by molar-refractivity contribution is 7.99. The summed E-state index contributed by atoms with van der Waals surface area (Å²) in [5, 5.41) is 0.741. The summed E-state index contributed by atoms with van der Waals surface area (Å²) in [5.41, 5.74) is 0. The SMILES string of the molecule is CCSc1ccc(Oc2ccccc2)cc1Cl. The maximum Gasteiger partial charge on any atom is 0.128 e. The van der Waals surface area contributed by atoms with E-state index in [-0.39, 0.29) is 0 Å². The second kappa shape index (κ2) is 5.99. The predicted molar refractivity (Wildman–Crippen MR) is 74.4 cm³/mol. The number of ether oxygens (including phenoxy) is 1. The minimum atomic E-state index is 0.741. The zero-order valence-electron chi connectivity index (χ0n) is 9.52. The van der Waals surface area contributed by atoms with Gasteiger partial charge in [0.15, 0.2) is 0 Å². The van der Waals surface area contributed by atoms with Crippen LogP contribution in [0.3, 0.4) is 0 Å². The van der Waals surface area contributed by atoms with E-state index in [0.717, 1.165) is 27.2 Å². The number of hydrogen-bond acceptors (Lipinski definition) is 2. The Morgan fingerprint density at radius 3 is 2.47 bits per heavy atom. The van der Waals surface area contributed by atoms with Crippen molar-refractivity contribution in [2.75, 3.05) is 5.75 Å². The van der Waals surface area contributed by atoms with Crippen molar-refractivity contribution in [3.05, 3.63) is 53.6 Å². The summed E-state index contributed by atoms with van der Waals surface area (Å²) < 4.78 is 5.70. The Hall–Kier alpha value is -1.12. The van der Waals surface area contributed by atoms with E-state index in [1.807, 2.05) is 48.5 Å². The van der Waals surface area contributed by atoms with Gasteiger partial charge in [-0.25, -0.2) is 0 Å². The summed E-state index contributed by atoms with van der Waals surface area (Å²) in [6.07, 6.45) is 0. The van der Waals surface area contributed by atoms with Gasteiger partial charge >= 0.3 is 0 Å². The molecule has 0 saturated heterocycles. The van der Waals surface area contributed by atoms with Crippen molar-refractivity contribution in [1.82, 2.24) is 0 Å². The third kappa shape index (κ3) is 3.42. The van der Waals surface area contributed by atoms with E-state index >= 15 is 0 Å². The first-order chi connectivity index (χ1) is 8.29. The van der Waals surface area contributed by atoms with Gasteiger partial charge in [-0.1, -0.05) is 36.7 Å². The van der Waals surface area contributed by atoms with Crippen molar-refractivity contribution < 1.29 is 4.74 Å². The van der Waals surface area contributed by atoms with Crippen LogP contribution in [0, 0.1) is 0 Å². The molecule has 3 heteroatoms. The second-order valence-electron chi connectivity index (χ2n) is 3.44. The molecule has 0 amide bonds. The van der Waals surface area contributed by atoms with Gasteiger partial charge in [0.1, 0.15) is 11.5 Å². The fraction of sp³-hybridized carbons (Fsp3) is 0.143. The molecule has 0 fully saturated rings. The molecule has 0 aliphatic carbocycles. The molecule has 0 heterocycles. The Morgan fingerprint density at radius 1 is 1.06 bits per heavy atom. The lowest BCUT2D eigenvalue weighted by molar-refractivity contribution is 0.482. The van der Waals surface area contributed by atoms with E-state index < -0.39 is 0 Å². The van der Waals surface area contributed by atoms with Crippen LogP contribution in [-0.4, -0.2) is 5.75 Å². The second-order valence-corrected chi connectivity index (χ2v) is 5.15. The van der Waals surface area contributed by atoms with Crippen molar-refractivity contribution in [1.29, 1.82) is 0 Å². The van der Waals surface area contributed by atoms with E-state index in [1.54, 1.807) is 11.8 Å². The highest BCUT2D eigenvalue weighted by atomic mass is 35.5. The van der Waals surface area contributed by atoms with E-state index in [1.165, 1.54) is 0 Å². The summed E-state index contributed by atoms with van der Waals surface area (Å²) in [7, 11) is 0. The first-order valence-electron chi connectivity index (χ1n) is 5.45. The molecule has 2 aromatic rings. The van der Waals surface area contributed by atoms with Crippen LogP contribution in [-0.2, 0) is 0 Å². The summed E-state index contributed by atoms with van der Waals surface area (Å²) in [5.74, 6) is 2.60.